The lowest BCUT2D eigenvalue weighted by Crippen LogP contribution is -2.29. The predicted octanol–water partition coefficient (Wildman–Crippen LogP) is 7.19. The molecule has 1 saturated heterocycles. The van der Waals surface area contributed by atoms with Crippen molar-refractivity contribution in [2.24, 2.45) is 0 Å². The lowest BCUT2D eigenvalue weighted by Gasteiger charge is -2.28. The molecule has 166 valence electrons. The third-order valence-electron chi connectivity index (χ3n) is 6.08. The van der Waals surface area contributed by atoms with Gasteiger partial charge in [-0.05, 0) is 98.4 Å². The number of nitrogens with zero attached hydrogens (tertiary/aromatic N) is 3. The Bertz CT molecular complexity index is 1300. The monoisotopic (exact) mass is 580 g/mol. The highest BCUT2D eigenvalue weighted by molar-refractivity contribution is 9.10. The summed E-state index contributed by atoms with van der Waals surface area (Å²) in [5, 5.41) is 4.25. The summed E-state index contributed by atoms with van der Waals surface area (Å²) in [7, 11) is 0. The van der Waals surface area contributed by atoms with Crippen LogP contribution in [0, 0.1) is 13.8 Å². The van der Waals surface area contributed by atoms with Crippen LogP contribution < -0.4 is 10.2 Å². The minimum absolute atomic E-state index is 0.0380. The second kappa shape index (κ2) is 9.05. The van der Waals surface area contributed by atoms with E-state index in [0.29, 0.717) is 5.11 Å². The van der Waals surface area contributed by atoms with Gasteiger partial charge in [0.1, 0.15) is 0 Å². The zero-order chi connectivity index (χ0) is 23.1. The van der Waals surface area contributed by atoms with E-state index < -0.39 is 0 Å². The number of thiocarbonyl (C=S) groups is 1. The summed E-state index contributed by atoms with van der Waals surface area (Å²) in [5.74, 6) is 0. The SMILES string of the molecule is Cc1cc([C@H]2[C@H](c3ccccn3)NC(=S)N2c2ccc(Br)cc2)c(C)n1-c1ccc(Br)cc1. The summed E-state index contributed by atoms with van der Waals surface area (Å²) in [6, 6.07) is 24.9. The first-order valence-electron chi connectivity index (χ1n) is 10.6. The van der Waals surface area contributed by atoms with E-state index in [1.54, 1.807) is 0 Å². The Morgan fingerprint density at radius 3 is 2.12 bits per heavy atom. The molecule has 33 heavy (non-hydrogen) atoms. The standard InChI is InChI=1S/C26H22Br2N4S/c1-16-15-22(17(2)31(16)20-10-6-18(27)7-11-20)25-24(23-5-3-4-14-29-23)30-26(33)32(25)21-12-8-19(28)9-13-21/h3-15,24-25H,1-2H3,(H,30,33)/t24-,25-/m0/s1. The summed E-state index contributed by atoms with van der Waals surface area (Å²) in [6.07, 6.45) is 1.84. The van der Waals surface area contributed by atoms with E-state index in [1.165, 1.54) is 17.0 Å². The normalized spacial score (nSPS) is 17.9. The van der Waals surface area contributed by atoms with Crippen LogP contribution in [-0.2, 0) is 0 Å². The fourth-order valence-corrected chi connectivity index (χ4v) is 5.50. The highest BCUT2D eigenvalue weighted by atomic mass is 79.9. The number of halogens is 2. The van der Waals surface area contributed by atoms with Crippen LogP contribution >= 0.6 is 44.1 Å². The first-order valence-corrected chi connectivity index (χ1v) is 12.6. The fraction of sp³-hybridized carbons (Fsp3) is 0.154. The van der Waals surface area contributed by atoms with Crippen LogP contribution in [0.5, 0.6) is 0 Å². The minimum Gasteiger partial charge on any atom is -0.351 e. The fourth-order valence-electron chi connectivity index (χ4n) is 4.63. The molecule has 0 spiro atoms. The molecule has 1 aliphatic heterocycles. The number of nitrogens with one attached hydrogen (secondary N) is 1. The van der Waals surface area contributed by atoms with Crippen LogP contribution in [0.15, 0.2) is 87.9 Å². The van der Waals surface area contributed by atoms with Crippen LogP contribution in [0.25, 0.3) is 5.69 Å². The molecule has 1 aliphatic rings. The third kappa shape index (κ3) is 4.14. The van der Waals surface area contributed by atoms with Crippen molar-refractivity contribution in [2.75, 3.05) is 4.90 Å². The van der Waals surface area contributed by atoms with E-state index in [-0.39, 0.29) is 12.1 Å². The average Bonchev–Trinajstić information content (AvgIpc) is 3.31. The molecule has 4 nitrogen and oxygen atoms in total. The van der Waals surface area contributed by atoms with E-state index in [0.717, 1.165) is 26.0 Å². The Labute approximate surface area is 215 Å². The van der Waals surface area contributed by atoms with Crippen molar-refractivity contribution < 1.29 is 0 Å². The Morgan fingerprint density at radius 2 is 1.52 bits per heavy atom. The van der Waals surface area contributed by atoms with Crippen molar-refractivity contribution in [1.29, 1.82) is 0 Å². The van der Waals surface area contributed by atoms with Gasteiger partial charge >= 0.3 is 0 Å². The van der Waals surface area contributed by atoms with E-state index in [9.17, 15) is 0 Å². The number of benzene rings is 2. The van der Waals surface area contributed by atoms with Gasteiger partial charge in [-0.1, -0.05) is 37.9 Å². The Hall–Kier alpha value is -2.48. The zero-order valence-corrected chi connectivity index (χ0v) is 22.2. The minimum atomic E-state index is -0.0683. The van der Waals surface area contributed by atoms with Gasteiger partial charge in [-0.15, -0.1) is 0 Å². The largest absolute Gasteiger partial charge is 0.351 e. The van der Waals surface area contributed by atoms with Gasteiger partial charge < -0.3 is 14.8 Å². The molecule has 7 heteroatoms. The molecule has 0 aliphatic carbocycles. The van der Waals surface area contributed by atoms with Crippen molar-refractivity contribution in [2.45, 2.75) is 25.9 Å². The zero-order valence-electron chi connectivity index (χ0n) is 18.2. The Morgan fingerprint density at radius 1 is 0.879 bits per heavy atom. The topological polar surface area (TPSA) is 33.1 Å². The molecule has 0 radical (unpaired) electrons. The lowest BCUT2D eigenvalue weighted by molar-refractivity contribution is 0.565. The molecule has 4 aromatic rings. The summed E-state index contributed by atoms with van der Waals surface area (Å²) >= 11 is 13.0. The summed E-state index contributed by atoms with van der Waals surface area (Å²) < 4.78 is 4.41. The molecule has 2 aromatic carbocycles. The van der Waals surface area contributed by atoms with Gasteiger partial charge in [0.25, 0.3) is 0 Å². The second-order valence-corrected chi connectivity index (χ2v) is 10.3. The van der Waals surface area contributed by atoms with Crippen molar-refractivity contribution >= 4 is 54.9 Å². The molecule has 0 amide bonds. The van der Waals surface area contributed by atoms with Gasteiger partial charge in [0.2, 0.25) is 0 Å². The molecule has 2 aromatic heterocycles. The molecule has 0 unspecified atom stereocenters. The van der Waals surface area contributed by atoms with Crippen molar-refractivity contribution in [3.05, 3.63) is 111 Å². The van der Waals surface area contributed by atoms with Crippen LogP contribution in [0.3, 0.4) is 0 Å². The molecule has 0 bridgehead atoms. The average molecular weight is 582 g/mol. The lowest BCUT2D eigenvalue weighted by atomic mass is 9.96. The van der Waals surface area contributed by atoms with Crippen LogP contribution in [0.2, 0.25) is 0 Å². The van der Waals surface area contributed by atoms with E-state index in [4.69, 9.17) is 12.2 Å². The molecular formula is C26H22Br2N4S. The summed E-state index contributed by atoms with van der Waals surface area (Å²) in [6.45, 7) is 4.33. The van der Waals surface area contributed by atoms with Crippen molar-refractivity contribution in [1.82, 2.24) is 14.9 Å². The first-order chi connectivity index (χ1) is 15.9. The molecule has 0 saturated carbocycles. The van der Waals surface area contributed by atoms with E-state index in [1.807, 2.05) is 30.5 Å². The Kier molecular flexibility index (Phi) is 6.12. The summed E-state index contributed by atoms with van der Waals surface area (Å²) in [5.41, 5.74) is 6.75. The van der Waals surface area contributed by atoms with Gasteiger partial charge in [-0.3, -0.25) is 4.98 Å². The van der Waals surface area contributed by atoms with E-state index in [2.05, 4.69) is 114 Å². The number of aromatic nitrogens is 2. The van der Waals surface area contributed by atoms with Gasteiger partial charge in [-0.25, -0.2) is 0 Å². The smallest absolute Gasteiger partial charge is 0.174 e. The Balaban J connectivity index is 1.67. The highest BCUT2D eigenvalue weighted by Crippen LogP contribution is 2.43. The summed E-state index contributed by atoms with van der Waals surface area (Å²) in [4.78, 5) is 6.89. The molecule has 1 fully saturated rings. The number of pyridine rings is 1. The van der Waals surface area contributed by atoms with Crippen molar-refractivity contribution in [3.63, 3.8) is 0 Å². The molecule has 5 rings (SSSR count). The number of aryl methyl sites for hydroxylation is 1. The predicted molar refractivity (Wildman–Crippen MR) is 145 cm³/mol. The number of hydrogen-bond acceptors (Lipinski definition) is 2. The maximum Gasteiger partial charge on any atom is 0.174 e. The van der Waals surface area contributed by atoms with Crippen LogP contribution in [0.1, 0.15) is 34.7 Å². The van der Waals surface area contributed by atoms with Gasteiger partial charge in [0.15, 0.2) is 5.11 Å². The number of rotatable bonds is 4. The molecule has 1 N–H and O–H groups in total. The van der Waals surface area contributed by atoms with E-state index >= 15 is 0 Å². The van der Waals surface area contributed by atoms with Gasteiger partial charge in [-0.2, -0.15) is 0 Å². The maximum absolute atomic E-state index is 5.86. The number of hydrogen-bond donors (Lipinski definition) is 1. The van der Waals surface area contributed by atoms with Crippen molar-refractivity contribution in [3.8, 4) is 5.69 Å². The molecule has 2 atom stereocenters. The van der Waals surface area contributed by atoms with Crippen LogP contribution in [-0.4, -0.2) is 14.7 Å². The quantitative estimate of drug-likeness (QED) is 0.259. The molecular weight excluding hydrogens is 560 g/mol. The number of anilines is 1. The third-order valence-corrected chi connectivity index (χ3v) is 7.45. The van der Waals surface area contributed by atoms with Gasteiger partial charge in [0.05, 0.1) is 17.8 Å². The molecule has 3 heterocycles. The maximum atomic E-state index is 5.86. The van der Waals surface area contributed by atoms with Crippen LogP contribution in [0.4, 0.5) is 5.69 Å². The first kappa shape index (κ1) is 22.3. The second-order valence-electron chi connectivity index (χ2n) is 8.11. The highest BCUT2D eigenvalue weighted by Gasteiger charge is 2.42. The van der Waals surface area contributed by atoms with Gasteiger partial charge in [0, 0.05) is 37.9 Å².